The second kappa shape index (κ2) is 7.49. The molecular weight excluding hydrogens is 302 g/mol. The number of nitrogens with zero attached hydrogens (tertiary/aromatic N) is 3. The van der Waals surface area contributed by atoms with Gasteiger partial charge in [0.25, 0.3) is 5.56 Å². The smallest absolute Gasteiger partial charge is 0.252 e. The maximum atomic E-state index is 11.7. The van der Waals surface area contributed by atoms with Gasteiger partial charge in [-0.1, -0.05) is 13.3 Å². The summed E-state index contributed by atoms with van der Waals surface area (Å²) < 4.78 is 0. The summed E-state index contributed by atoms with van der Waals surface area (Å²) in [6, 6.07) is 9.84. The van der Waals surface area contributed by atoms with Crippen LogP contribution in [0.3, 0.4) is 0 Å². The number of aromatic nitrogens is 2. The molecule has 1 saturated heterocycles. The molecule has 1 aliphatic heterocycles. The number of piperazine rings is 1. The van der Waals surface area contributed by atoms with Crippen LogP contribution in [-0.4, -0.2) is 48.1 Å². The van der Waals surface area contributed by atoms with Gasteiger partial charge < -0.3 is 15.1 Å². The minimum Gasteiger partial charge on any atom is -0.369 e. The Hall–Kier alpha value is -2.34. The molecule has 0 bridgehead atoms. The van der Waals surface area contributed by atoms with E-state index in [9.17, 15) is 4.79 Å². The van der Waals surface area contributed by atoms with E-state index in [0.29, 0.717) is 5.95 Å². The van der Waals surface area contributed by atoms with Crippen molar-refractivity contribution in [2.24, 2.45) is 0 Å². The summed E-state index contributed by atoms with van der Waals surface area (Å²) in [5.41, 5.74) is 2.85. The molecule has 1 aromatic heterocycles. The summed E-state index contributed by atoms with van der Waals surface area (Å²) >= 11 is 0. The van der Waals surface area contributed by atoms with Gasteiger partial charge in [0.2, 0.25) is 5.95 Å². The number of hydrogen-bond donors (Lipinski definition) is 2. The molecule has 1 aromatic carbocycles. The zero-order chi connectivity index (χ0) is 16.9. The first-order chi connectivity index (χ1) is 11.6. The Labute approximate surface area is 142 Å². The minimum absolute atomic E-state index is 0.120. The maximum absolute atomic E-state index is 11.7. The SMILES string of the molecule is CCCc1cc(=O)[nH]c(Nc2ccc(N3CCN(C)CC3)cc2)n1. The molecule has 0 saturated carbocycles. The number of hydrogen-bond acceptors (Lipinski definition) is 5. The lowest BCUT2D eigenvalue weighted by Crippen LogP contribution is -2.44. The van der Waals surface area contributed by atoms with Gasteiger partial charge in [0.1, 0.15) is 0 Å². The second-order valence-corrected chi connectivity index (χ2v) is 6.30. The first-order valence-corrected chi connectivity index (χ1v) is 8.55. The molecule has 6 heteroatoms. The normalized spacial score (nSPS) is 15.5. The first kappa shape index (κ1) is 16.5. The second-order valence-electron chi connectivity index (χ2n) is 6.30. The fourth-order valence-corrected chi connectivity index (χ4v) is 2.91. The average molecular weight is 327 g/mol. The number of H-pyrrole nitrogens is 1. The predicted molar refractivity (Wildman–Crippen MR) is 98.3 cm³/mol. The Morgan fingerprint density at radius 2 is 1.88 bits per heavy atom. The molecule has 0 amide bonds. The van der Waals surface area contributed by atoms with E-state index in [-0.39, 0.29) is 5.56 Å². The van der Waals surface area contributed by atoms with Gasteiger partial charge in [-0.2, -0.15) is 0 Å². The van der Waals surface area contributed by atoms with Gasteiger partial charge in [0.15, 0.2) is 0 Å². The largest absolute Gasteiger partial charge is 0.369 e. The van der Waals surface area contributed by atoms with Crippen molar-refractivity contribution in [2.75, 3.05) is 43.4 Å². The van der Waals surface area contributed by atoms with Gasteiger partial charge in [0.05, 0.1) is 0 Å². The number of benzene rings is 1. The number of anilines is 3. The lowest BCUT2D eigenvalue weighted by molar-refractivity contribution is 0.313. The molecule has 0 unspecified atom stereocenters. The van der Waals surface area contributed by atoms with Gasteiger partial charge in [-0.05, 0) is 37.7 Å². The van der Waals surface area contributed by atoms with Crippen LogP contribution in [0.5, 0.6) is 0 Å². The zero-order valence-corrected chi connectivity index (χ0v) is 14.4. The van der Waals surface area contributed by atoms with Crippen LogP contribution in [0.15, 0.2) is 35.1 Å². The van der Waals surface area contributed by atoms with Crippen LogP contribution in [0.25, 0.3) is 0 Å². The number of aryl methyl sites for hydroxylation is 1. The van der Waals surface area contributed by atoms with Crippen LogP contribution >= 0.6 is 0 Å². The Morgan fingerprint density at radius 3 is 2.54 bits per heavy atom. The topological polar surface area (TPSA) is 64.3 Å². The molecule has 6 nitrogen and oxygen atoms in total. The van der Waals surface area contributed by atoms with Crippen molar-refractivity contribution in [1.82, 2.24) is 14.9 Å². The van der Waals surface area contributed by atoms with Gasteiger partial charge in [0, 0.05) is 49.3 Å². The average Bonchev–Trinajstić information content (AvgIpc) is 2.56. The zero-order valence-electron chi connectivity index (χ0n) is 14.4. The molecular formula is C18H25N5O. The lowest BCUT2D eigenvalue weighted by atomic mass is 10.2. The molecule has 2 heterocycles. The summed E-state index contributed by atoms with van der Waals surface area (Å²) in [6.07, 6.45) is 1.77. The molecule has 3 rings (SSSR count). The Kier molecular flexibility index (Phi) is 5.15. The third-order valence-electron chi connectivity index (χ3n) is 4.30. The van der Waals surface area contributed by atoms with E-state index in [1.807, 2.05) is 12.1 Å². The summed E-state index contributed by atoms with van der Waals surface area (Å²) in [7, 11) is 2.16. The number of likely N-dealkylation sites (N-methyl/N-ethyl adjacent to an activating group) is 1. The third-order valence-corrected chi connectivity index (χ3v) is 4.30. The van der Waals surface area contributed by atoms with E-state index in [2.05, 4.69) is 51.2 Å². The van der Waals surface area contributed by atoms with Crippen LogP contribution in [0.2, 0.25) is 0 Å². The monoisotopic (exact) mass is 327 g/mol. The van der Waals surface area contributed by atoms with Gasteiger partial charge in [-0.15, -0.1) is 0 Å². The highest BCUT2D eigenvalue weighted by atomic mass is 16.1. The Bertz CT molecular complexity index is 717. The third kappa shape index (κ3) is 4.14. The molecule has 1 fully saturated rings. The quantitative estimate of drug-likeness (QED) is 0.881. The van der Waals surface area contributed by atoms with Gasteiger partial charge in [-0.25, -0.2) is 4.98 Å². The number of rotatable bonds is 5. The highest BCUT2D eigenvalue weighted by Gasteiger charge is 2.14. The van der Waals surface area contributed by atoms with Crippen molar-refractivity contribution in [3.63, 3.8) is 0 Å². The molecule has 0 radical (unpaired) electrons. The molecule has 1 aliphatic rings. The maximum Gasteiger partial charge on any atom is 0.252 e. The van der Waals surface area contributed by atoms with E-state index in [1.165, 1.54) is 5.69 Å². The van der Waals surface area contributed by atoms with Crippen molar-refractivity contribution < 1.29 is 0 Å². The minimum atomic E-state index is -0.120. The van der Waals surface area contributed by atoms with E-state index < -0.39 is 0 Å². The molecule has 0 aliphatic carbocycles. The van der Waals surface area contributed by atoms with Crippen LogP contribution in [0.4, 0.5) is 17.3 Å². The lowest BCUT2D eigenvalue weighted by Gasteiger charge is -2.34. The molecule has 128 valence electrons. The van der Waals surface area contributed by atoms with Crippen LogP contribution in [0.1, 0.15) is 19.0 Å². The molecule has 2 aromatic rings. The molecule has 24 heavy (non-hydrogen) atoms. The summed E-state index contributed by atoms with van der Waals surface area (Å²) in [5.74, 6) is 0.498. The van der Waals surface area contributed by atoms with Crippen LogP contribution < -0.4 is 15.8 Å². The van der Waals surface area contributed by atoms with Gasteiger partial charge >= 0.3 is 0 Å². The molecule has 0 spiro atoms. The summed E-state index contributed by atoms with van der Waals surface area (Å²) in [4.78, 5) is 23.7. The van der Waals surface area contributed by atoms with Crippen LogP contribution in [-0.2, 0) is 6.42 Å². The van der Waals surface area contributed by atoms with E-state index in [1.54, 1.807) is 6.07 Å². The van der Waals surface area contributed by atoms with Crippen molar-refractivity contribution in [1.29, 1.82) is 0 Å². The number of aromatic amines is 1. The fourth-order valence-electron chi connectivity index (χ4n) is 2.91. The molecule has 0 atom stereocenters. The standard InChI is InChI=1S/C18H25N5O/c1-3-4-15-13-17(24)21-18(20-15)19-14-5-7-16(8-6-14)23-11-9-22(2)10-12-23/h5-8,13H,3-4,9-12H2,1-2H3,(H2,19,20,21,24). The van der Waals surface area contributed by atoms with Crippen molar-refractivity contribution in [2.45, 2.75) is 19.8 Å². The predicted octanol–water partition coefficient (Wildman–Crippen LogP) is 2.22. The summed E-state index contributed by atoms with van der Waals surface area (Å²) in [5, 5.41) is 3.19. The van der Waals surface area contributed by atoms with Crippen LogP contribution in [0, 0.1) is 0 Å². The van der Waals surface area contributed by atoms with Gasteiger partial charge in [-0.3, -0.25) is 9.78 Å². The fraction of sp³-hybridized carbons (Fsp3) is 0.444. The molecule has 2 N–H and O–H groups in total. The number of nitrogens with one attached hydrogen (secondary N) is 2. The highest BCUT2D eigenvalue weighted by molar-refractivity contribution is 5.59. The Balaban J connectivity index is 1.69. The van der Waals surface area contributed by atoms with E-state index in [0.717, 1.165) is 50.4 Å². The van der Waals surface area contributed by atoms with E-state index in [4.69, 9.17) is 0 Å². The summed E-state index contributed by atoms with van der Waals surface area (Å²) in [6.45, 7) is 6.37. The van der Waals surface area contributed by atoms with Crippen molar-refractivity contribution >= 4 is 17.3 Å². The van der Waals surface area contributed by atoms with E-state index >= 15 is 0 Å². The highest BCUT2D eigenvalue weighted by Crippen LogP contribution is 2.20. The Morgan fingerprint density at radius 1 is 1.17 bits per heavy atom. The first-order valence-electron chi connectivity index (χ1n) is 8.55. The van der Waals surface area contributed by atoms with Crippen molar-refractivity contribution in [3.8, 4) is 0 Å². The van der Waals surface area contributed by atoms with Crippen molar-refractivity contribution in [3.05, 3.63) is 46.4 Å².